The maximum absolute atomic E-state index is 11.8. The van der Waals surface area contributed by atoms with E-state index in [1.54, 1.807) is 16.7 Å². The van der Waals surface area contributed by atoms with E-state index in [1.807, 2.05) is 5.38 Å². The average Bonchev–Trinajstić information content (AvgIpc) is 2.77. The summed E-state index contributed by atoms with van der Waals surface area (Å²) in [6.45, 7) is 2.27. The smallest absolute Gasteiger partial charge is 0.258 e. The fraction of sp³-hybridized carbons (Fsp3) is 0.500. The number of aliphatic hydroxyl groups excluding tert-OH is 1. The highest BCUT2D eigenvalue weighted by molar-refractivity contribution is 7.15. The number of nitrogens with zero attached hydrogens (tertiary/aromatic N) is 3. The summed E-state index contributed by atoms with van der Waals surface area (Å²) < 4.78 is 1.55. The van der Waals surface area contributed by atoms with Gasteiger partial charge in [0.15, 0.2) is 4.96 Å². The molecule has 0 radical (unpaired) electrons. The Morgan fingerprint density at radius 2 is 2.44 bits per heavy atom. The van der Waals surface area contributed by atoms with E-state index in [0.717, 1.165) is 30.0 Å². The molecule has 2 aromatic rings. The number of fused-ring (bicyclic) bond motifs is 1. The van der Waals surface area contributed by atoms with Crippen LogP contribution >= 0.6 is 11.3 Å². The van der Waals surface area contributed by atoms with Gasteiger partial charge in [0.25, 0.3) is 5.56 Å². The largest absolute Gasteiger partial charge is 0.392 e. The molecular formula is C12H15N3O2S. The monoisotopic (exact) mass is 265 g/mol. The third-order valence-electron chi connectivity index (χ3n) is 3.22. The van der Waals surface area contributed by atoms with E-state index in [-0.39, 0.29) is 11.7 Å². The van der Waals surface area contributed by atoms with E-state index < -0.39 is 0 Å². The van der Waals surface area contributed by atoms with Crippen molar-refractivity contribution in [2.24, 2.45) is 0 Å². The second-order valence-corrected chi connectivity index (χ2v) is 5.55. The Morgan fingerprint density at radius 1 is 1.56 bits per heavy atom. The SMILES string of the molecule is O=c1cc(CN2CCC[C@H](O)C2)nc2sccn12. The molecule has 0 amide bonds. The maximum Gasteiger partial charge on any atom is 0.258 e. The molecule has 1 aliphatic rings. The van der Waals surface area contributed by atoms with Crippen LogP contribution in [0.4, 0.5) is 0 Å². The fourth-order valence-electron chi connectivity index (χ4n) is 2.37. The Morgan fingerprint density at radius 3 is 3.28 bits per heavy atom. The number of aliphatic hydroxyl groups is 1. The Kier molecular flexibility index (Phi) is 3.15. The summed E-state index contributed by atoms with van der Waals surface area (Å²) in [4.78, 5) is 19.2. The second-order valence-electron chi connectivity index (χ2n) is 4.67. The zero-order chi connectivity index (χ0) is 12.5. The Labute approximate surface area is 108 Å². The van der Waals surface area contributed by atoms with Crippen LogP contribution in [0.25, 0.3) is 4.96 Å². The summed E-state index contributed by atoms with van der Waals surface area (Å²) in [6, 6.07) is 1.58. The van der Waals surface area contributed by atoms with Crippen molar-refractivity contribution < 1.29 is 5.11 Å². The molecular weight excluding hydrogens is 250 g/mol. The molecule has 6 heteroatoms. The predicted molar refractivity (Wildman–Crippen MR) is 69.9 cm³/mol. The van der Waals surface area contributed by atoms with Gasteiger partial charge in [0.05, 0.1) is 11.8 Å². The Balaban J connectivity index is 1.83. The first-order valence-corrected chi connectivity index (χ1v) is 6.96. The molecule has 1 saturated heterocycles. The number of piperidine rings is 1. The molecule has 5 nitrogen and oxygen atoms in total. The molecule has 96 valence electrons. The maximum atomic E-state index is 11.8. The average molecular weight is 265 g/mol. The molecule has 0 aliphatic carbocycles. The summed E-state index contributed by atoms with van der Waals surface area (Å²) in [5, 5.41) is 11.5. The van der Waals surface area contributed by atoms with Crippen LogP contribution in [0.15, 0.2) is 22.4 Å². The van der Waals surface area contributed by atoms with Crippen LogP contribution in [0.1, 0.15) is 18.5 Å². The zero-order valence-electron chi connectivity index (χ0n) is 9.95. The van der Waals surface area contributed by atoms with Crippen molar-refractivity contribution in [1.29, 1.82) is 0 Å². The van der Waals surface area contributed by atoms with E-state index in [1.165, 1.54) is 11.3 Å². The highest BCUT2D eigenvalue weighted by Crippen LogP contribution is 2.13. The van der Waals surface area contributed by atoms with E-state index in [9.17, 15) is 9.90 Å². The van der Waals surface area contributed by atoms with Gasteiger partial charge in [-0.25, -0.2) is 4.98 Å². The van der Waals surface area contributed by atoms with Gasteiger partial charge in [-0.15, -0.1) is 11.3 Å². The molecule has 1 atom stereocenters. The third kappa shape index (κ3) is 2.31. The molecule has 3 heterocycles. The van der Waals surface area contributed by atoms with E-state index in [2.05, 4.69) is 9.88 Å². The molecule has 18 heavy (non-hydrogen) atoms. The van der Waals surface area contributed by atoms with E-state index in [4.69, 9.17) is 0 Å². The molecule has 1 aliphatic heterocycles. The number of likely N-dealkylation sites (tertiary alicyclic amines) is 1. The van der Waals surface area contributed by atoms with Gasteiger partial charge in [0.1, 0.15) is 0 Å². The molecule has 0 bridgehead atoms. The summed E-state index contributed by atoms with van der Waals surface area (Å²) >= 11 is 1.46. The molecule has 1 N–H and O–H groups in total. The lowest BCUT2D eigenvalue weighted by Gasteiger charge is -2.29. The fourth-order valence-corrected chi connectivity index (χ4v) is 3.11. The van der Waals surface area contributed by atoms with Gasteiger partial charge >= 0.3 is 0 Å². The quantitative estimate of drug-likeness (QED) is 0.869. The topological polar surface area (TPSA) is 57.8 Å². The lowest BCUT2D eigenvalue weighted by atomic mass is 10.1. The number of hydrogen-bond acceptors (Lipinski definition) is 5. The third-order valence-corrected chi connectivity index (χ3v) is 3.98. The standard InChI is InChI=1S/C12H15N3O2S/c16-10-2-1-3-14(8-10)7-9-6-11(17)15-4-5-18-12(15)13-9/h4-6,10,16H,1-3,7-8H2/t10-/m0/s1. The van der Waals surface area contributed by atoms with Crippen molar-refractivity contribution in [3.63, 3.8) is 0 Å². The van der Waals surface area contributed by atoms with Crippen LogP contribution in [0.3, 0.4) is 0 Å². The van der Waals surface area contributed by atoms with Crippen LogP contribution in [-0.4, -0.2) is 38.6 Å². The predicted octanol–water partition coefficient (Wildman–Crippen LogP) is 0.713. The summed E-state index contributed by atoms with van der Waals surface area (Å²) in [6.07, 6.45) is 3.37. The van der Waals surface area contributed by atoms with Gasteiger partial charge in [-0.2, -0.15) is 0 Å². The Hall–Kier alpha value is -1.24. The minimum absolute atomic E-state index is 0.0335. The molecule has 0 unspecified atom stereocenters. The lowest BCUT2D eigenvalue weighted by Crippen LogP contribution is -2.38. The van der Waals surface area contributed by atoms with Crippen LogP contribution < -0.4 is 5.56 Å². The number of hydrogen-bond donors (Lipinski definition) is 1. The minimum Gasteiger partial charge on any atom is -0.392 e. The van der Waals surface area contributed by atoms with E-state index in [0.29, 0.717) is 13.1 Å². The van der Waals surface area contributed by atoms with Crippen LogP contribution in [-0.2, 0) is 6.54 Å². The van der Waals surface area contributed by atoms with Gasteiger partial charge in [0.2, 0.25) is 0 Å². The van der Waals surface area contributed by atoms with Gasteiger partial charge in [-0.05, 0) is 19.4 Å². The number of β-amino-alcohol motifs (C(OH)–C–C–N with tert-alkyl or cyclic N) is 1. The molecule has 3 rings (SSSR count). The summed E-state index contributed by atoms with van der Waals surface area (Å²) in [5.41, 5.74) is 0.755. The van der Waals surface area contributed by atoms with Gasteiger partial charge in [0, 0.05) is 30.7 Å². The Bertz CT molecular complexity index is 607. The van der Waals surface area contributed by atoms with Crippen molar-refractivity contribution in [3.05, 3.63) is 33.7 Å². The molecule has 0 aromatic carbocycles. The highest BCUT2D eigenvalue weighted by atomic mass is 32.1. The minimum atomic E-state index is -0.245. The number of rotatable bonds is 2. The van der Waals surface area contributed by atoms with Crippen LogP contribution in [0.2, 0.25) is 0 Å². The van der Waals surface area contributed by atoms with Gasteiger partial charge in [-0.3, -0.25) is 14.1 Å². The van der Waals surface area contributed by atoms with Crippen LogP contribution in [0.5, 0.6) is 0 Å². The second kappa shape index (κ2) is 4.79. The summed E-state index contributed by atoms with van der Waals surface area (Å²) in [5.74, 6) is 0. The first kappa shape index (κ1) is 11.8. The van der Waals surface area contributed by atoms with Gasteiger partial charge < -0.3 is 5.11 Å². The van der Waals surface area contributed by atoms with Crippen molar-refractivity contribution in [2.45, 2.75) is 25.5 Å². The zero-order valence-corrected chi connectivity index (χ0v) is 10.8. The lowest BCUT2D eigenvalue weighted by molar-refractivity contribution is 0.0662. The molecule has 1 fully saturated rings. The van der Waals surface area contributed by atoms with Crippen molar-refractivity contribution in [1.82, 2.24) is 14.3 Å². The van der Waals surface area contributed by atoms with Crippen molar-refractivity contribution in [2.75, 3.05) is 13.1 Å². The molecule has 0 spiro atoms. The molecule has 2 aromatic heterocycles. The van der Waals surface area contributed by atoms with Crippen LogP contribution in [0, 0.1) is 0 Å². The van der Waals surface area contributed by atoms with E-state index >= 15 is 0 Å². The first-order chi connectivity index (χ1) is 8.72. The normalized spacial score (nSPS) is 21.5. The van der Waals surface area contributed by atoms with Crippen molar-refractivity contribution in [3.8, 4) is 0 Å². The molecule has 0 saturated carbocycles. The van der Waals surface area contributed by atoms with Gasteiger partial charge in [-0.1, -0.05) is 0 Å². The number of thiazole rings is 1. The first-order valence-electron chi connectivity index (χ1n) is 6.08. The number of aromatic nitrogens is 2. The van der Waals surface area contributed by atoms with Crippen molar-refractivity contribution >= 4 is 16.3 Å². The highest BCUT2D eigenvalue weighted by Gasteiger charge is 2.18. The summed E-state index contributed by atoms with van der Waals surface area (Å²) in [7, 11) is 0.